The Bertz CT molecular complexity index is 1350. The third-order valence-corrected chi connectivity index (χ3v) is 6.79. The zero-order valence-electron chi connectivity index (χ0n) is 24.4. The van der Waals surface area contributed by atoms with Gasteiger partial charge in [0, 0.05) is 19.2 Å². The summed E-state index contributed by atoms with van der Waals surface area (Å²) in [5.41, 5.74) is 0.837. The van der Waals surface area contributed by atoms with Crippen molar-refractivity contribution in [1.29, 1.82) is 0 Å². The topological polar surface area (TPSA) is 132 Å². The van der Waals surface area contributed by atoms with Crippen LogP contribution in [0.1, 0.15) is 49.2 Å². The van der Waals surface area contributed by atoms with Gasteiger partial charge in [-0.25, -0.2) is 9.78 Å². The minimum absolute atomic E-state index is 0.0285. The molecule has 11 nitrogen and oxygen atoms in total. The molecule has 0 saturated carbocycles. The fraction of sp³-hybridized carbons (Fsp3) is 0.375. The van der Waals surface area contributed by atoms with Crippen LogP contribution in [-0.2, 0) is 30.4 Å². The number of ether oxygens (including phenoxy) is 6. The number of cyclic esters (lactones) is 1. The van der Waals surface area contributed by atoms with Gasteiger partial charge in [-0.3, -0.25) is 9.59 Å². The second-order valence-electron chi connectivity index (χ2n) is 9.92. The Morgan fingerprint density at radius 1 is 1.02 bits per heavy atom. The molecule has 0 bridgehead atoms. The first kappa shape index (κ1) is 31.3. The van der Waals surface area contributed by atoms with Gasteiger partial charge in [-0.2, -0.15) is 0 Å². The summed E-state index contributed by atoms with van der Waals surface area (Å²) in [4.78, 5) is 42.0. The van der Waals surface area contributed by atoms with Crippen molar-refractivity contribution >= 4 is 17.8 Å². The van der Waals surface area contributed by atoms with Crippen molar-refractivity contribution < 1.29 is 42.8 Å². The molecule has 1 aromatic heterocycles. The van der Waals surface area contributed by atoms with Gasteiger partial charge in [0.2, 0.25) is 6.79 Å². The van der Waals surface area contributed by atoms with Crippen molar-refractivity contribution in [1.82, 2.24) is 10.3 Å². The summed E-state index contributed by atoms with van der Waals surface area (Å²) in [6, 6.07) is 19.6. The summed E-state index contributed by atoms with van der Waals surface area (Å²) in [5.74, 6) is -0.999. The molecular weight excluding hydrogens is 556 g/mol. The average Bonchev–Trinajstić information content (AvgIpc) is 3.05. The summed E-state index contributed by atoms with van der Waals surface area (Å²) < 4.78 is 34.2. The standard InChI is InChI=1S/C32H36N2O9/c1-21-29(39-19-23-11-6-4-7-12-23)27(43-24-13-8-5-9-14-24)16-10-15-25(32(37)42-21)34-31(36)28-30(41-20-40-22(2)35)26(38-3)17-18-33-28/h4-9,11-14,17-18,21,25,27,29H,10,15-16,19-20H2,1-3H3,(H,34,36)/t21-,25-,27-,29-/m0/s1. The maximum atomic E-state index is 13.4. The van der Waals surface area contributed by atoms with Crippen LogP contribution in [0.4, 0.5) is 0 Å². The SMILES string of the molecule is COc1ccnc(C(=O)N[C@H]2CCC[C@H](Oc3ccccc3)[C@@H](OCc3ccccc3)[C@H](C)OC2=O)c1OCOC(C)=O. The number of methoxy groups -OCH3 is 1. The maximum Gasteiger partial charge on any atom is 0.329 e. The van der Waals surface area contributed by atoms with Crippen LogP contribution in [0.5, 0.6) is 17.2 Å². The third kappa shape index (κ3) is 8.92. The lowest BCUT2D eigenvalue weighted by Gasteiger charge is -2.31. The van der Waals surface area contributed by atoms with Crippen LogP contribution in [-0.4, -0.2) is 61.1 Å². The number of esters is 2. The van der Waals surface area contributed by atoms with Gasteiger partial charge in [0.25, 0.3) is 5.91 Å². The predicted molar refractivity (Wildman–Crippen MR) is 155 cm³/mol. The molecule has 4 rings (SSSR count). The van der Waals surface area contributed by atoms with Crippen LogP contribution in [0.2, 0.25) is 0 Å². The number of nitrogens with one attached hydrogen (secondary N) is 1. The van der Waals surface area contributed by atoms with Crippen molar-refractivity contribution in [2.24, 2.45) is 0 Å². The van der Waals surface area contributed by atoms with Crippen LogP contribution < -0.4 is 19.5 Å². The van der Waals surface area contributed by atoms with Gasteiger partial charge in [-0.15, -0.1) is 0 Å². The zero-order chi connectivity index (χ0) is 30.6. The number of hydrogen-bond donors (Lipinski definition) is 1. The highest BCUT2D eigenvalue weighted by molar-refractivity contribution is 5.98. The van der Waals surface area contributed by atoms with Gasteiger partial charge in [-0.05, 0) is 43.9 Å². The maximum absolute atomic E-state index is 13.4. The number of pyridine rings is 1. The number of amides is 1. The highest BCUT2D eigenvalue weighted by Crippen LogP contribution is 2.30. The van der Waals surface area contributed by atoms with E-state index in [0.717, 1.165) is 5.56 Å². The highest BCUT2D eigenvalue weighted by Gasteiger charge is 2.37. The first-order valence-corrected chi connectivity index (χ1v) is 14.0. The van der Waals surface area contributed by atoms with Crippen LogP contribution in [0, 0.1) is 0 Å². The number of aromatic nitrogens is 1. The van der Waals surface area contributed by atoms with Crippen molar-refractivity contribution in [2.45, 2.75) is 64.1 Å². The van der Waals surface area contributed by atoms with Crippen LogP contribution >= 0.6 is 0 Å². The van der Waals surface area contributed by atoms with Crippen LogP contribution in [0.25, 0.3) is 0 Å². The van der Waals surface area contributed by atoms with Crippen LogP contribution in [0.3, 0.4) is 0 Å². The largest absolute Gasteiger partial charge is 0.493 e. The fourth-order valence-corrected chi connectivity index (χ4v) is 4.67. The van der Waals surface area contributed by atoms with Crippen molar-refractivity contribution in [3.8, 4) is 17.2 Å². The summed E-state index contributed by atoms with van der Waals surface area (Å²) in [7, 11) is 1.40. The second kappa shape index (κ2) is 15.5. The van der Waals surface area contributed by atoms with E-state index in [2.05, 4.69) is 10.3 Å². The molecule has 1 saturated heterocycles. The van der Waals surface area contributed by atoms with Crippen molar-refractivity contribution in [3.63, 3.8) is 0 Å². The van der Waals surface area contributed by atoms with E-state index in [9.17, 15) is 14.4 Å². The molecule has 1 aliphatic heterocycles. The average molecular weight is 593 g/mol. The summed E-state index contributed by atoms with van der Waals surface area (Å²) >= 11 is 0. The summed E-state index contributed by atoms with van der Waals surface area (Å²) in [5, 5.41) is 2.73. The smallest absolute Gasteiger partial charge is 0.329 e. The van der Waals surface area contributed by atoms with Gasteiger partial charge in [0.05, 0.1) is 13.7 Å². The summed E-state index contributed by atoms with van der Waals surface area (Å²) in [6.45, 7) is 2.84. The van der Waals surface area contributed by atoms with Gasteiger partial charge in [0.1, 0.15) is 30.1 Å². The first-order chi connectivity index (χ1) is 20.9. The number of nitrogens with zero attached hydrogens (tertiary/aromatic N) is 1. The molecule has 1 fully saturated rings. The first-order valence-electron chi connectivity index (χ1n) is 14.0. The lowest BCUT2D eigenvalue weighted by Crippen LogP contribution is -2.46. The summed E-state index contributed by atoms with van der Waals surface area (Å²) in [6.07, 6.45) is 1.01. The molecule has 0 aliphatic carbocycles. The third-order valence-electron chi connectivity index (χ3n) is 6.79. The Hall–Kier alpha value is -4.64. The molecular formula is C32H36N2O9. The van der Waals surface area contributed by atoms with E-state index in [1.54, 1.807) is 6.92 Å². The lowest BCUT2D eigenvalue weighted by atomic mass is 10.0. The van der Waals surface area contributed by atoms with E-state index in [0.29, 0.717) is 25.2 Å². The Morgan fingerprint density at radius 3 is 2.44 bits per heavy atom. The van der Waals surface area contributed by atoms with E-state index in [1.165, 1.54) is 26.3 Å². The minimum atomic E-state index is -0.977. The van der Waals surface area contributed by atoms with E-state index < -0.39 is 49.0 Å². The molecule has 43 heavy (non-hydrogen) atoms. The Balaban J connectivity index is 1.51. The molecule has 11 heteroatoms. The quantitative estimate of drug-likeness (QED) is 0.255. The zero-order valence-corrected chi connectivity index (χ0v) is 24.4. The second-order valence-corrected chi connectivity index (χ2v) is 9.92. The minimum Gasteiger partial charge on any atom is -0.493 e. The van der Waals surface area contributed by atoms with Crippen LogP contribution in [0.15, 0.2) is 72.9 Å². The van der Waals surface area contributed by atoms with Gasteiger partial charge in [0.15, 0.2) is 17.2 Å². The highest BCUT2D eigenvalue weighted by atomic mass is 16.7. The van der Waals surface area contributed by atoms with Gasteiger partial charge < -0.3 is 33.7 Å². The number of para-hydroxylation sites is 1. The fourth-order valence-electron chi connectivity index (χ4n) is 4.67. The number of carbonyl (C=O) groups excluding carboxylic acids is 3. The molecule has 3 aromatic rings. The Morgan fingerprint density at radius 2 is 1.74 bits per heavy atom. The Labute approximate surface area is 250 Å². The lowest BCUT2D eigenvalue weighted by molar-refractivity contribution is -0.164. The monoisotopic (exact) mass is 592 g/mol. The van der Waals surface area contributed by atoms with Gasteiger partial charge in [-0.1, -0.05) is 48.5 Å². The van der Waals surface area contributed by atoms with Gasteiger partial charge >= 0.3 is 11.9 Å². The molecule has 1 aliphatic rings. The molecule has 2 aromatic carbocycles. The number of rotatable bonds is 11. The predicted octanol–water partition coefficient (Wildman–Crippen LogP) is 4.24. The molecule has 0 radical (unpaired) electrons. The molecule has 2 heterocycles. The Kier molecular flexibility index (Phi) is 11.3. The molecule has 0 unspecified atom stereocenters. The molecule has 228 valence electrons. The van der Waals surface area contributed by atoms with E-state index >= 15 is 0 Å². The van der Waals surface area contributed by atoms with Crippen molar-refractivity contribution in [3.05, 3.63) is 84.2 Å². The molecule has 1 N–H and O–H groups in total. The number of benzene rings is 2. The van der Waals surface area contributed by atoms with E-state index in [-0.39, 0.29) is 23.6 Å². The molecule has 4 atom stereocenters. The number of carbonyl (C=O) groups is 3. The van der Waals surface area contributed by atoms with E-state index in [1.807, 2.05) is 60.7 Å². The number of hydrogen-bond acceptors (Lipinski definition) is 10. The van der Waals surface area contributed by atoms with Crippen molar-refractivity contribution in [2.75, 3.05) is 13.9 Å². The molecule has 0 spiro atoms. The normalized spacial score (nSPS) is 20.4. The molecule has 1 amide bonds. The van der Waals surface area contributed by atoms with E-state index in [4.69, 9.17) is 28.4 Å².